The molecule has 0 aliphatic heterocycles. The van der Waals surface area contributed by atoms with Gasteiger partial charge in [-0.3, -0.25) is 0 Å². The van der Waals surface area contributed by atoms with E-state index in [4.69, 9.17) is 17.3 Å². The maximum atomic E-state index is 5.96. The normalized spacial score (nSPS) is 11.1. The summed E-state index contributed by atoms with van der Waals surface area (Å²) in [4.78, 5) is 4.56. The summed E-state index contributed by atoms with van der Waals surface area (Å²) in [6, 6.07) is 3.89. The average molecular weight is 224 g/mol. The molecular weight excluding hydrogens is 210 g/mol. The number of pyridine rings is 1. The highest BCUT2D eigenvalue weighted by Gasteiger charge is 2.08. The van der Waals surface area contributed by atoms with Crippen LogP contribution >= 0.6 is 11.6 Å². The van der Waals surface area contributed by atoms with Crippen LogP contribution in [0.4, 0.5) is 0 Å². The van der Waals surface area contributed by atoms with Gasteiger partial charge in [0.05, 0.1) is 16.2 Å². The molecule has 2 rings (SSSR count). The Labute approximate surface area is 93.9 Å². The number of aryl methyl sites for hydroxylation is 1. The standard InChI is InChI=1S/C11H14ClN3/c1-2-11-14-9(5-6-13)10-4-3-8(12)7-15(10)11/h3-4,7H,2,5-6,13H2,1H3. The highest BCUT2D eigenvalue weighted by atomic mass is 35.5. The van der Waals surface area contributed by atoms with Gasteiger partial charge in [0.1, 0.15) is 5.82 Å². The number of nitrogens with zero attached hydrogens (tertiary/aromatic N) is 2. The minimum atomic E-state index is 0.623. The van der Waals surface area contributed by atoms with Crippen LogP contribution < -0.4 is 5.73 Å². The molecule has 0 saturated heterocycles. The maximum Gasteiger partial charge on any atom is 0.113 e. The number of hydrogen-bond donors (Lipinski definition) is 1. The van der Waals surface area contributed by atoms with Gasteiger partial charge in [-0.25, -0.2) is 4.98 Å². The Bertz CT molecular complexity index is 476. The topological polar surface area (TPSA) is 43.3 Å². The van der Waals surface area contributed by atoms with Crippen molar-refractivity contribution in [3.8, 4) is 0 Å². The van der Waals surface area contributed by atoms with Crippen molar-refractivity contribution in [2.45, 2.75) is 19.8 Å². The smallest absolute Gasteiger partial charge is 0.113 e. The van der Waals surface area contributed by atoms with Crippen LogP contribution in [0, 0.1) is 0 Å². The summed E-state index contributed by atoms with van der Waals surface area (Å²) in [5.41, 5.74) is 7.73. The van der Waals surface area contributed by atoms with Gasteiger partial charge in [0, 0.05) is 19.0 Å². The Kier molecular flexibility index (Phi) is 2.93. The zero-order valence-corrected chi connectivity index (χ0v) is 9.46. The van der Waals surface area contributed by atoms with Crippen LogP contribution in [0.25, 0.3) is 5.52 Å². The number of halogens is 1. The molecule has 0 radical (unpaired) electrons. The predicted octanol–water partition coefficient (Wildman–Crippen LogP) is 2.05. The van der Waals surface area contributed by atoms with Crippen LogP contribution in [0.1, 0.15) is 18.4 Å². The second-order valence-electron chi connectivity index (χ2n) is 3.47. The largest absolute Gasteiger partial charge is 0.330 e. The van der Waals surface area contributed by atoms with Crippen LogP contribution in [-0.4, -0.2) is 15.9 Å². The van der Waals surface area contributed by atoms with Crippen LogP contribution in [-0.2, 0) is 12.8 Å². The average Bonchev–Trinajstić information content (AvgIpc) is 2.56. The molecule has 0 bridgehead atoms. The molecule has 0 aromatic carbocycles. The van der Waals surface area contributed by atoms with E-state index in [1.165, 1.54) is 0 Å². The van der Waals surface area contributed by atoms with Crippen LogP contribution in [0.2, 0.25) is 5.02 Å². The molecule has 0 fully saturated rings. The van der Waals surface area contributed by atoms with Crippen molar-refractivity contribution in [2.75, 3.05) is 6.54 Å². The summed E-state index contributed by atoms with van der Waals surface area (Å²) in [7, 11) is 0. The monoisotopic (exact) mass is 223 g/mol. The molecule has 0 unspecified atom stereocenters. The lowest BCUT2D eigenvalue weighted by molar-refractivity contribution is 0.899. The van der Waals surface area contributed by atoms with E-state index in [1.807, 2.05) is 22.7 Å². The Morgan fingerprint density at radius 1 is 1.47 bits per heavy atom. The quantitative estimate of drug-likeness (QED) is 0.866. The minimum Gasteiger partial charge on any atom is -0.330 e. The van der Waals surface area contributed by atoms with E-state index >= 15 is 0 Å². The summed E-state index contributed by atoms with van der Waals surface area (Å²) in [6.45, 7) is 2.71. The third-order valence-electron chi connectivity index (χ3n) is 2.45. The van der Waals surface area contributed by atoms with Gasteiger partial charge < -0.3 is 10.1 Å². The van der Waals surface area contributed by atoms with Gasteiger partial charge in [0.2, 0.25) is 0 Å². The number of nitrogens with two attached hydrogens (primary N) is 1. The Morgan fingerprint density at radius 3 is 2.93 bits per heavy atom. The van der Waals surface area contributed by atoms with Crippen LogP contribution in [0.3, 0.4) is 0 Å². The summed E-state index contributed by atoms with van der Waals surface area (Å²) >= 11 is 5.96. The fourth-order valence-electron chi connectivity index (χ4n) is 1.76. The number of aromatic nitrogens is 2. The molecule has 15 heavy (non-hydrogen) atoms. The number of hydrogen-bond acceptors (Lipinski definition) is 2. The molecule has 0 atom stereocenters. The number of rotatable bonds is 3. The first kappa shape index (κ1) is 10.5. The zero-order valence-electron chi connectivity index (χ0n) is 8.70. The minimum absolute atomic E-state index is 0.623. The summed E-state index contributed by atoms with van der Waals surface area (Å²) in [6.07, 6.45) is 3.61. The third kappa shape index (κ3) is 1.85. The first-order chi connectivity index (χ1) is 7.26. The van der Waals surface area contributed by atoms with Crippen molar-refractivity contribution in [3.05, 3.63) is 34.9 Å². The third-order valence-corrected chi connectivity index (χ3v) is 2.67. The van der Waals surface area contributed by atoms with Crippen molar-refractivity contribution in [3.63, 3.8) is 0 Å². The predicted molar refractivity (Wildman–Crippen MR) is 62.3 cm³/mol. The maximum absolute atomic E-state index is 5.96. The molecule has 4 heteroatoms. The second kappa shape index (κ2) is 4.21. The van der Waals surface area contributed by atoms with E-state index in [0.29, 0.717) is 6.54 Å². The van der Waals surface area contributed by atoms with Gasteiger partial charge in [0.15, 0.2) is 0 Å². The Morgan fingerprint density at radius 2 is 2.27 bits per heavy atom. The van der Waals surface area contributed by atoms with E-state index in [0.717, 1.165) is 34.9 Å². The van der Waals surface area contributed by atoms with Gasteiger partial charge in [-0.1, -0.05) is 18.5 Å². The van der Waals surface area contributed by atoms with E-state index < -0.39 is 0 Å². The first-order valence-electron chi connectivity index (χ1n) is 5.11. The van der Waals surface area contributed by atoms with Crippen LogP contribution in [0.5, 0.6) is 0 Å². The van der Waals surface area contributed by atoms with Gasteiger partial charge in [0.25, 0.3) is 0 Å². The molecule has 0 aliphatic carbocycles. The van der Waals surface area contributed by atoms with Crippen molar-refractivity contribution in [1.29, 1.82) is 0 Å². The zero-order chi connectivity index (χ0) is 10.8. The molecule has 2 heterocycles. The molecule has 2 N–H and O–H groups in total. The lowest BCUT2D eigenvalue weighted by atomic mass is 10.2. The highest BCUT2D eigenvalue weighted by molar-refractivity contribution is 6.30. The molecule has 3 nitrogen and oxygen atoms in total. The van der Waals surface area contributed by atoms with E-state index in [1.54, 1.807) is 0 Å². The summed E-state index contributed by atoms with van der Waals surface area (Å²) in [5.74, 6) is 1.04. The van der Waals surface area contributed by atoms with E-state index in [2.05, 4.69) is 11.9 Å². The molecule has 0 saturated carbocycles. The molecule has 0 spiro atoms. The summed E-state index contributed by atoms with van der Waals surface area (Å²) < 4.78 is 2.05. The lowest BCUT2D eigenvalue weighted by Gasteiger charge is -1.98. The number of fused-ring (bicyclic) bond motifs is 1. The van der Waals surface area contributed by atoms with Crippen molar-refractivity contribution in [1.82, 2.24) is 9.38 Å². The van der Waals surface area contributed by atoms with E-state index in [9.17, 15) is 0 Å². The molecule has 2 aromatic heterocycles. The lowest BCUT2D eigenvalue weighted by Crippen LogP contribution is -2.03. The van der Waals surface area contributed by atoms with Crippen molar-refractivity contribution in [2.24, 2.45) is 5.73 Å². The molecule has 2 aromatic rings. The Balaban J connectivity index is 2.64. The van der Waals surface area contributed by atoms with Gasteiger partial charge >= 0.3 is 0 Å². The fourth-order valence-corrected chi connectivity index (χ4v) is 1.92. The second-order valence-corrected chi connectivity index (χ2v) is 3.91. The molecule has 0 amide bonds. The van der Waals surface area contributed by atoms with Crippen molar-refractivity contribution >= 4 is 17.1 Å². The van der Waals surface area contributed by atoms with Crippen molar-refractivity contribution < 1.29 is 0 Å². The molecular formula is C11H14ClN3. The van der Waals surface area contributed by atoms with Crippen LogP contribution in [0.15, 0.2) is 18.3 Å². The first-order valence-corrected chi connectivity index (χ1v) is 5.49. The number of imidazole rings is 1. The van der Waals surface area contributed by atoms with Gasteiger partial charge in [-0.2, -0.15) is 0 Å². The highest BCUT2D eigenvalue weighted by Crippen LogP contribution is 2.17. The molecule has 80 valence electrons. The molecule has 0 aliphatic rings. The van der Waals surface area contributed by atoms with E-state index in [-0.39, 0.29) is 0 Å². The fraction of sp³-hybridized carbons (Fsp3) is 0.364. The summed E-state index contributed by atoms with van der Waals surface area (Å²) in [5, 5.41) is 0.730. The SMILES string of the molecule is CCc1nc(CCN)c2ccc(Cl)cn12. The Hall–Kier alpha value is -1.06. The van der Waals surface area contributed by atoms with Gasteiger partial charge in [-0.05, 0) is 18.7 Å². The van der Waals surface area contributed by atoms with Gasteiger partial charge in [-0.15, -0.1) is 0 Å².